The first-order valence-corrected chi connectivity index (χ1v) is 9.71. The zero-order valence-corrected chi connectivity index (χ0v) is 16.6. The first kappa shape index (κ1) is 19.2. The summed E-state index contributed by atoms with van der Waals surface area (Å²) in [6.45, 7) is 9.41. The van der Waals surface area contributed by atoms with Gasteiger partial charge in [0.2, 0.25) is 0 Å². The Morgan fingerprint density at radius 1 is 1.22 bits per heavy atom. The van der Waals surface area contributed by atoms with Crippen molar-refractivity contribution in [3.63, 3.8) is 0 Å². The van der Waals surface area contributed by atoms with Crippen molar-refractivity contribution in [2.45, 2.75) is 52.5 Å². The zero-order valence-electron chi connectivity index (χ0n) is 16.6. The van der Waals surface area contributed by atoms with Crippen LogP contribution in [-0.4, -0.2) is 34.9 Å². The number of anilines is 1. The predicted molar refractivity (Wildman–Crippen MR) is 110 cm³/mol. The van der Waals surface area contributed by atoms with E-state index in [0.717, 1.165) is 29.8 Å². The molecule has 2 heterocycles. The van der Waals surface area contributed by atoms with E-state index >= 15 is 0 Å². The van der Waals surface area contributed by atoms with Crippen molar-refractivity contribution in [1.29, 1.82) is 0 Å². The van der Waals surface area contributed by atoms with Crippen molar-refractivity contribution < 1.29 is 4.79 Å². The monoisotopic (exact) mass is 367 g/mol. The highest BCUT2D eigenvalue weighted by atomic mass is 16.2. The number of nitrogens with one attached hydrogen (secondary N) is 2. The highest BCUT2D eigenvalue weighted by Crippen LogP contribution is 2.21. The van der Waals surface area contributed by atoms with Crippen molar-refractivity contribution in [2.75, 3.05) is 18.4 Å². The summed E-state index contributed by atoms with van der Waals surface area (Å²) in [6.07, 6.45) is 1.94. The molecule has 0 spiro atoms. The number of benzene rings is 1. The van der Waals surface area contributed by atoms with Crippen LogP contribution >= 0.6 is 0 Å². The lowest BCUT2D eigenvalue weighted by molar-refractivity contribution is 0.0713. The molecule has 1 aliphatic heterocycles. The van der Waals surface area contributed by atoms with E-state index in [4.69, 9.17) is 0 Å². The molecule has 1 aromatic heterocycles. The van der Waals surface area contributed by atoms with Crippen LogP contribution in [0.25, 0.3) is 0 Å². The molecular weight excluding hydrogens is 338 g/mol. The summed E-state index contributed by atoms with van der Waals surface area (Å²) >= 11 is 0. The summed E-state index contributed by atoms with van der Waals surface area (Å²) in [4.78, 5) is 29.7. The van der Waals surface area contributed by atoms with Crippen LogP contribution in [0.3, 0.4) is 0 Å². The van der Waals surface area contributed by atoms with Crippen molar-refractivity contribution >= 4 is 11.6 Å². The number of carbonyl (C=O) groups excluding carboxylic acids is 1. The molecule has 144 valence electrons. The van der Waals surface area contributed by atoms with Crippen molar-refractivity contribution in [2.24, 2.45) is 0 Å². The molecule has 1 aliphatic rings. The maximum Gasteiger partial charge on any atom is 0.261 e. The van der Waals surface area contributed by atoms with Gasteiger partial charge in [0.1, 0.15) is 5.56 Å². The van der Waals surface area contributed by atoms with E-state index in [1.165, 1.54) is 5.56 Å². The average molecular weight is 367 g/mol. The highest BCUT2D eigenvalue weighted by Gasteiger charge is 2.26. The van der Waals surface area contributed by atoms with Gasteiger partial charge in [0.05, 0.1) is 0 Å². The minimum absolute atomic E-state index is 0.180. The molecular formula is C22H29N3O2. The SMILES string of the molecule is Cc1cc(C(=O)N2CCC[C@@H](Nc3ccc(C(C)C)cc3)C2)c(=O)[nH]c1C. The van der Waals surface area contributed by atoms with Gasteiger partial charge >= 0.3 is 0 Å². The molecule has 2 N–H and O–H groups in total. The summed E-state index contributed by atoms with van der Waals surface area (Å²) in [6, 6.07) is 10.4. The lowest BCUT2D eigenvalue weighted by atomic mass is 10.0. The second-order valence-electron chi connectivity index (χ2n) is 7.83. The number of pyridine rings is 1. The largest absolute Gasteiger partial charge is 0.381 e. The molecule has 3 rings (SSSR count). The second-order valence-corrected chi connectivity index (χ2v) is 7.83. The third-order valence-corrected chi connectivity index (χ3v) is 5.39. The number of piperidine rings is 1. The van der Waals surface area contributed by atoms with Crippen molar-refractivity contribution in [3.8, 4) is 0 Å². The second kappa shape index (κ2) is 7.99. The van der Waals surface area contributed by atoms with Crippen LogP contribution in [0.2, 0.25) is 0 Å². The van der Waals surface area contributed by atoms with E-state index in [1.54, 1.807) is 11.0 Å². The number of likely N-dealkylation sites (tertiary alicyclic amines) is 1. The fraction of sp³-hybridized carbons (Fsp3) is 0.455. The highest BCUT2D eigenvalue weighted by molar-refractivity contribution is 5.94. The topological polar surface area (TPSA) is 65.2 Å². The fourth-order valence-electron chi connectivity index (χ4n) is 3.54. The summed E-state index contributed by atoms with van der Waals surface area (Å²) < 4.78 is 0. The van der Waals surface area contributed by atoms with Gasteiger partial charge in [0.25, 0.3) is 11.5 Å². The van der Waals surface area contributed by atoms with Gasteiger partial charge < -0.3 is 15.2 Å². The molecule has 1 amide bonds. The standard InChI is InChI=1S/C22H29N3O2/c1-14(2)17-7-9-18(10-8-17)24-19-6-5-11-25(13-19)22(27)20-12-15(3)16(4)23-21(20)26/h7-10,12,14,19,24H,5-6,11,13H2,1-4H3,(H,23,26)/t19-/m1/s1. The molecule has 5 nitrogen and oxygen atoms in total. The number of rotatable bonds is 4. The molecule has 0 unspecified atom stereocenters. The van der Waals surface area contributed by atoms with Gasteiger partial charge in [-0.2, -0.15) is 0 Å². The van der Waals surface area contributed by atoms with Gasteiger partial charge in [-0.15, -0.1) is 0 Å². The Kier molecular flexibility index (Phi) is 5.68. The smallest absolute Gasteiger partial charge is 0.261 e. The maximum atomic E-state index is 12.9. The molecule has 27 heavy (non-hydrogen) atoms. The average Bonchev–Trinajstić information content (AvgIpc) is 2.65. The van der Waals surface area contributed by atoms with Gasteiger partial charge in [-0.05, 0) is 61.9 Å². The Labute approximate surface area is 160 Å². The van der Waals surface area contributed by atoms with E-state index in [0.29, 0.717) is 19.0 Å². The maximum absolute atomic E-state index is 12.9. The molecule has 1 saturated heterocycles. The third-order valence-electron chi connectivity index (χ3n) is 5.39. The van der Waals surface area contributed by atoms with Gasteiger partial charge in [-0.3, -0.25) is 9.59 Å². The molecule has 1 atom stereocenters. The summed E-state index contributed by atoms with van der Waals surface area (Å²) in [7, 11) is 0. The molecule has 0 aliphatic carbocycles. The number of aromatic nitrogens is 1. The molecule has 1 aromatic carbocycles. The summed E-state index contributed by atoms with van der Waals surface area (Å²) in [5.74, 6) is 0.332. The van der Waals surface area contributed by atoms with Crippen LogP contribution in [0.4, 0.5) is 5.69 Å². The number of amides is 1. The number of carbonyl (C=O) groups is 1. The molecule has 2 aromatic rings. The molecule has 5 heteroatoms. The van der Waals surface area contributed by atoms with E-state index in [-0.39, 0.29) is 23.1 Å². The number of hydrogen-bond acceptors (Lipinski definition) is 3. The number of nitrogens with zero attached hydrogens (tertiary/aromatic N) is 1. The summed E-state index contributed by atoms with van der Waals surface area (Å²) in [5, 5.41) is 3.54. The van der Waals surface area contributed by atoms with E-state index in [9.17, 15) is 9.59 Å². The molecule has 1 fully saturated rings. The van der Waals surface area contributed by atoms with Gasteiger partial charge in [-0.25, -0.2) is 0 Å². The fourth-order valence-corrected chi connectivity index (χ4v) is 3.54. The quantitative estimate of drug-likeness (QED) is 0.863. The van der Waals surface area contributed by atoms with Gasteiger partial charge in [0, 0.05) is 30.5 Å². The number of hydrogen-bond donors (Lipinski definition) is 2. The Balaban J connectivity index is 1.69. The van der Waals surface area contributed by atoms with Crippen LogP contribution in [0.15, 0.2) is 35.1 Å². The Bertz CT molecular complexity index is 868. The summed E-state index contributed by atoms with van der Waals surface area (Å²) in [5.41, 5.74) is 4.05. The Hall–Kier alpha value is -2.56. The number of aryl methyl sites for hydroxylation is 2. The Morgan fingerprint density at radius 2 is 1.93 bits per heavy atom. The molecule has 0 radical (unpaired) electrons. The van der Waals surface area contributed by atoms with Crippen LogP contribution < -0.4 is 10.9 Å². The van der Waals surface area contributed by atoms with Gasteiger partial charge in [-0.1, -0.05) is 26.0 Å². The minimum atomic E-state index is -0.303. The number of aromatic amines is 1. The van der Waals surface area contributed by atoms with E-state index < -0.39 is 0 Å². The van der Waals surface area contributed by atoms with Crippen LogP contribution in [0, 0.1) is 13.8 Å². The van der Waals surface area contributed by atoms with Gasteiger partial charge in [0.15, 0.2) is 0 Å². The lowest BCUT2D eigenvalue weighted by Gasteiger charge is -2.33. The predicted octanol–water partition coefficient (Wildman–Crippen LogP) is 3.83. The van der Waals surface area contributed by atoms with Crippen LogP contribution in [0.1, 0.15) is 59.8 Å². The van der Waals surface area contributed by atoms with Crippen molar-refractivity contribution in [3.05, 3.63) is 63.1 Å². The zero-order chi connectivity index (χ0) is 19.6. The molecule has 0 saturated carbocycles. The van der Waals surface area contributed by atoms with Crippen LogP contribution in [0.5, 0.6) is 0 Å². The van der Waals surface area contributed by atoms with Crippen molar-refractivity contribution in [1.82, 2.24) is 9.88 Å². The molecule has 0 bridgehead atoms. The lowest BCUT2D eigenvalue weighted by Crippen LogP contribution is -2.46. The first-order valence-electron chi connectivity index (χ1n) is 9.71. The number of H-pyrrole nitrogens is 1. The Morgan fingerprint density at radius 3 is 2.59 bits per heavy atom. The third kappa shape index (κ3) is 4.41. The minimum Gasteiger partial charge on any atom is -0.381 e. The normalized spacial score (nSPS) is 17.2. The van der Waals surface area contributed by atoms with E-state index in [1.807, 2.05) is 13.8 Å². The van der Waals surface area contributed by atoms with E-state index in [2.05, 4.69) is 48.4 Å². The first-order chi connectivity index (χ1) is 12.8. The van der Waals surface area contributed by atoms with Crippen LogP contribution in [-0.2, 0) is 0 Å².